The molecule has 5 saturated carbocycles. The van der Waals surface area contributed by atoms with Gasteiger partial charge in [-0.3, -0.25) is 23.5 Å². The smallest absolute Gasteiger partial charge is 0.119 e. The maximum atomic E-state index is 5.93. The van der Waals surface area contributed by atoms with Gasteiger partial charge in [0.05, 0.1) is 33.0 Å². The van der Waals surface area contributed by atoms with E-state index in [1.807, 2.05) is 121 Å². The zero-order chi connectivity index (χ0) is 78.1. The molecule has 0 amide bonds. The van der Waals surface area contributed by atoms with Crippen LogP contribution in [0.2, 0.25) is 0 Å². The molecule has 5 aliphatic rings. The largest absolute Gasteiger partial charge is 0.493 e. The molecule has 0 heterocycles. The minimum absolute atomic E-state index is 0. The van der Waals surface area contributed by atoms with Gasteiger partial charge in [-0.25, -0.2) is 0 Å². The van der Waals surface area contributed by atoms with Crippen LogP contribution in [0.15, 0.2) is 146 Å². The highest BCUT2D eigenvalue weighted by atomic mass is 32.1. The van der Waals surface area contributed by atoms with E-state index >= 15 is 0 Å². The molecule has 0 bridgehead atoms. The standard InChI is InChI=1S/5C20H32OS.5FH/c5*1-2-3-4-5-6-7-17-8-10-18(11-9-17)16-21-19-12-14-20(22)15-13-19;;;;;/h5*12-15,17-18,22H,2-11,16H2,1H3;5*1H. The molecule has 0 N–H and O–H groups in total. The molecule has 0 spiro atoms. The van der Waals surface area contributed by atoms with Crippen LogP contribution in [-0.4, -0.2) is 33.0 Å². The minimum Gasteiger partial charge on any atom is -0.493 e. The predicted octanol–water partition coefficient (Wildman–Crippen LogP) is 33.4. The third-order valence-corrected chi connectivity index (χ3v) is 26.5. The summed E-state index contributed by atoms with van der Waals surface area (Å²) in [5.74, 6) is 13.6. The van der Waals surface area contributed by atoms with Gasteiger partial charge < -0.3 is 23.7 Å². The van der Waals surface area contributed by atoms with Crippen molar-refractivity contribution in [2.45, 2.75) is 380 Å². The van der Waals surface area contributed by atoms with E-state index in [0.29, 0.717) is 0 Å². The molecule has 15 heteroatoms. The van der Waals surface area contributed by atoms with Crippen LogP contribution >= 0.6 is 63.1 Å². The Morgan fingerprint density at radius 3 is 0.435 bits per heavy atom. The van der Waals surface area contributed by atoms with Crippen LogP contribution in [-0.2, 0) is 0 Å². The van der Waals surface area contributed by atoms with Gasteiger partial charge in [-0.15, -0.1) is 63.1 Å². The first-order valence-electron chi connectivity index (χ1n) is 46.0. The van der Waals surface area contributed by atoms with Crippen molar-refractivity contribution >= 4 is 63.1 Å². The van der Waals surface area contributed by atoms with Crippen LogP contribution in [0.4, 0.5) is 23.5 Å². The summed E-state index contributed by atoms with van der Waals surface area (Å²) in [6, 6.07) is 40.1. The molecule has 5 aromatic rings. The molecule has 5 fully saturated rings. The third-order valence-electron chi connectivity index (χ3n) is 25.0. The summed E-state index contributed by atoms with van der Waals surface area (Å²) in [7, 11) is 0. The van der Waals surface area contributed by atoms with Gasteiger partial charge in [-0.1, -0.05) is 291 Å². The van der Waals surface area contributed by atoms with E-state index < -0.39 is 0 Å². The van der Waals surface area contributed by atoms with Crippen molar-refractivity contribution in [3.8, 4) is 28.7 Å². The topological polar surface area (TPSA) is 46.2 Å². The highest BCUT2D eigenvalue weighted by Crippen LogP contribution is 2.38. The zero-order valence-corrected chi connectivity index (χ0v) is 77.0. The van der Waals surface area contributed by atoms with E-state index in [1.54, 1.807) is 0 Å². The third kappa shape index (κ3) is 53.1. The summed E-state index contributed by atoms with van der Waals surface area (Å²) in [5.41, 5.74) is 0. The van der Waals surface area contributed by atoms with Gasteiger partial charge in [0.15, 0.2) is 0 Å². The van der Waals surface area contributed by atoms with Gasteiger partial charge >= 0.3 is 0 Å². The first-order chi connectivity index (χ1) is 53.9. The van der Waals surface area contributed by atoms with E-state index in [4.69, 9.17) is 23.7 Å². The number of hydrogen-bond donors (Lipinski definition) is 5. The van der Waals surface area contributed by atoms with Gasteiger partial charge in [-0.2, -0.15) is 0 Å². The molecule has 115 heavy (non-hydrogen) atoms. The summed E-state index contributed by atoms with van der Waals surface area (Å²) < 4.78 is 29.6. The first-order valence-corrected chi connectivity index (χ1v) is 48.2. The van der Waals surface area contributed by atoms with Crippen molar-refractivity contribution in [2.75, 3.05) is 33.0 Å². The number of ether oxygens (including phenoxy) is 5. The molecule has 0 aromatic heterocycles. The van der Waals surface area contributed by atoms with Crippen LogP contribution in [0.3, 0.4) is 0 Å². The first kappa shape index (κ1) is 110. The van der Waals surface area contributed by atoms with Crippen LogP contribution in [0.5, 0.6) is 28.7 Å². The molecular formula is C100H165F5O5S5. The van der Waals surface area contributed by atoms with Gasteiger partial charge in [0.25, 0.3) is 0 Å². The fourth-order valence-electron chi connectivity index (χ4n) is 17.4. The van der Waals surface area contributed by atoms with E-state index in [-0.39, 0.29) is 23.5 Å². The van der Waals surface area contributed by atoms with Crippen molar-refractivity contribution in [2.24, 2.45) is 59.2 Å². The Labute approximate surface area is 727 Å². The van der Waals surface area contributed by atoms with Crippen LogP contribution in [0.25, 0.3) is 0 Å². The molecule has 5 aliphatic carbocycles. The Morgan fingerprint density at radius 2 is 0.304 bits per heavy atom. The molecule has 0 aliphatic heterocycles. The fraction of sp³-hybridized carbons (Fsp3) is 0.700. The quantitative estimate of drug-likeness (QED) is 0.0153. The van der Waals surface area contributed by atoms with E-state index in [0.717, 1.165) is 145 Å². The lowest BCUT2D eigenvalue weighted by Gasteiger charge is -2.28. The molecule has 660 valence electrons. The number of rotatable bonds is 45. The average molecular weight is 1700 g/mol. The van der Waals surface area contributed by atoms with Gasteiger partial charge in [0.1, 0.15) is 28.7 Å². The van der Waals surface area contributed by atoms with Gasteiger partial charge in [0.2, 0.25) is 0 Å². The van der Waals surface area contributed by atoms with Gasteiger partial charge in [-0.05, 0) is 245 Å². The van der Waals surface area contributed by atoms with Crippen molar-refractivity contribution in [1.82, 2.24) is 0 Å². The Kier molecular flexibility index (Phi) is 67.7. The highest BCUT2D eigenvalue weighted by molar-refractivity contribution is 7.81. The molecule has 5 aromatic carbocycles. The lowest BCUT2D eigenvalue weighted by atomic mass is 9.80. The zero-order valence-electron chi connectivity index (χ0n) is 72.5. The summed E-state index contributed by atoms with van der Waals surface area (Å²) in [6.45, 7) is 15.9. The van der Waals surface area contributed by atoms with Crippen molar-refractivity contribution < 1.29 is 47.2 Å². The summed E-state index contributed by atoms with van der Waals surface area (Å²) >= 11 is 21.5. The molecule has 0 unspecified atom stereocenters. The Balaban J connectivity index is 0.000000711. The molecule has 10 rings (SSSR count). The predicted molar refractivity (Wildman–Crippen MR) is 503 cm³/mol. The Morgan fingerprint density at radius 1 is 0.183 bits per heavy atom. The lowest BCUT2D eigenvalue weighted by Crippen LogP contribution is -2.20. The van der Waals surface area contributed by atoms with E-state index in [2.05, 4.69) is 97.8 Å². The molecule has 0 radical (unpaired) electrons. The second-order valence-corrected chi connectivity index (χ2v) is 37.1. The van der Waals surface area contributed by atoms with Crippen molar-refractivity contribution in [1.29, 1.82) is 0 Å². The summed E-state index contributed by atoms with van der Waals surface area (Å²) in [4.78, 5) is 4.96. The average Bonchev–Trinajstić information content (AvgIpc) is 0.912. The minimum atomic E-state index is 0. The Bertz CT molecular complexity index is 2450. The Hall–Kier alpha value is -3.50. The molecule has 5 nitrogen and oxygen atoms in total. The van der Waals surface area contributed by atoms with Crippen LogP contribution in [0.1, 0.15) is 356 Å². The number of benzene rings is 5. The van der Waals surface area contributed by atoms with Gasteiger partial charge in [0, 0.05) is 24.5 Å². The molecular weight excluding hydrogens is 1540 g/mol. The molecule has 0 atom stereocenters. The number of hydrogen-bond acceptors (Lipinski definition) is 10. The monoisotopic (exact) mass is 1700 g/mol. The second-order valence-electron chi connectivity index (χ2n) is 34.5. The van der Waals surface area contributed by atoms with Crippen LogP contribution < -0.4 is 23.7 Å². The summed E-state index contributed by atoms with van der Waals surface area (Å²) in [6.07, 6.45) is 70.4. The maximum Gasteiger partial charge on any atom is 0.119 e. The van der Waals surface area contributed by atoms with E-state index in [1.165, 1.54) is 321 Å². The number of thiol groups is 5. The van der Waals surface area contributed by atoms with Crippen molar-refractivity contribution in [3.05, 3.63) is 121 Å². The summed E-state index contributed by atoms with van der Waals surface area (Å²) in [5, 5.41) is 0. The second kappa shape index (κ2) is 71.1. The lowest BCUT2D eigenvalue weighted by molar-refractivity contribution is 0.177. The fourth-order valence-corrected chi connectivity index (χ4v) is 18.1. The normalized spacial score (nSPS) is 20.8. The van der Waals surface area contributed by atoms with Crippen molar-refractivity contribution in [3.63, 3.8) is 0 Å². The van der Waals surface area contributed by atoms with E-state index in [9.17, 15) is 0 Å². The number of unbranched alkanes of at least 4 members (excludes halogenated alkanes) is 20. The number of halogens is 5. The molecule has 0 saturated heterocycles. The SMILES string of the molecule is CCCCCCCC1CCC(COc2ccc(S)cc2)CC1.CCCCCCCC1CCC(COc2ccc(S)cc2)CC1.CCCCCCCC1CCC(COc2ccc(S)cc2)CC1.CCCCCCCC1CCC(COc2ccc(S)cc2)CC1.CCCCCCCC1CCC(COc2ccc(S)cc2)CC1.F.F.F.F.F. The van der Waals surface area contributed by atoms with Crippen LogP contribution in [0, 0.1) is 59.2 Å². The maximum absolute atomic E-state index is 5.93. The highest BCUT2D eigenvalue weighted by Gasteiger charge is 2.26.